The molecule has 1 aromatic heterocycles. The van der Waals surface area contributed by atoms with Gasteiger partial charge in [-0.2, -0.15) is 5.10 Å². The molecular formula is C18H20N4O3. The van der Waals surface area contributed by atoms with Gasteiger partial charge in [0.05, 0.1) is 30.2 Å². The molecule has 2 aliphatic rings. The minimum Gasteiger partial charge on any atom is -0.477 e. The van der Waals surface area contributed by atoms with Crippen LogP contribution in [0.15, 0.2) is 30.5 Å². The Labute approximate surface area is 145 Å². The summed E-state index contributed by atoms with van der Waals surface area (Å²) in [6.07, 6.45) is 2.47. The third-order valence-electron chi connectivity index (χ3n) is 4.68. The summed E-state index contributed by atoms with van der Waals surface area (Å²) in [5, 5.41) is 4.27. The number of amides is 2. The van der Waals surface area contributed by atoms with E-state index >= 15 is 0 Å². The van der Waals surface area contributed by atoms with E-state index in [4.69, 9.17) is 4.74 Å². The molecule has 7 heteroatoms. The highest BCUT2D eigenvalue weighted by Crippen LogP contribution is 2.37. The van der Waals surface area contributed by atoms with Crippen LogP contribution in [0.5, 0.6) is 5.88 Å². The summed E-state index contributed by atoms with van der Waals surface area (Å²) in [6.45, 7) is 5.28. The van der Waals surface area contributed by atoms with Crippen LogP contribution >= 0.6 is 0 Å². The Balaban J connectivity index is 1.75. The number of carbonyl (C=O) groups excluding carboxylic acids is 2. The molecule has 0 spiro atoms. The first-order chi connectivity index (χ1) is 12.1. The zero-order chi connectivity index (χ0) is 17.6. The van der Waals surface area contributed by atoms with Gasteiger partial charge in [-0.25, -0.2) is 4.68 Å². The predicted octanol–water partition coefficient (Wildman–Crippen LogP) is 2.07. The highest BCUT2D eigenvalue weighted by atomic mass is 16.5. The Bertz CT molecular complexity index is 845. The summed E-state index contributed by atoms with van der Waals surface area (Å²) >= 11 is 0. The Kier molecular flexibility index (Phi) is 3.71. The molecule has 130 valence electrons. The lowest BCUT2D eigenvalue weighted by molar-refractivity contribution is -0.117. The topological polar surface area (TPSA) is 67.7 Å². The number of hydrogen-bond acceptors (Lipinski definition) is 4. The van der Waals surface area contributed by atoms with Gasteiger partial charge in [0.2, 0.25) is 11.8 Å². The van der Waals surface area contributed by atoms with Crippen molar-refractivity contribution in [2.45, 2.75) is 32.9 Å². The van der Waals surface area contributed by atoms with Crippen molar-refractivity contribution in [2.24, 2.45) is 0 Å². The van der Waals surface area contributed by atoms with Crippen LogP contribution in [0.25, 0.3) is 0 Å². The molecule has 0 saturated heterocycles. The molecule has 4 rings (SSSR count). The van der Waals surface area contributed by atoms with Crippen LogP contribution in [0, 0.1) is 0 Å². The molecule has 1 unspecified atom stereocenters. The molecule has 1 atom stereocenters. The van der Waals surface area contributed by atoms with E-state index in [1.54, 1.807) is 27.6 Å². The van der Waals surface area contributed by atoms with Crippen LogP contribution in [-0.2, 0) is 11.3 Å². The van der Waals surface area contributed by atoms with E-state index in [9.17, 15) is 9.59 Å². The van der Waals surface area contributed by atoms with Crippen molar-refractivity contribution in [3.8, 4) is 5.88 Å². The molecule has 0 aliphatic carbocycles. The maximum atomic E-state index is 13.2. The lowest BCUT2D eigenvalue weighted by Gasteiger charge is -2.40. The summed E-state index contributed by atoms with van der Waals surface area (Å²) in [5.41, 5.74) is 1.96. The minimum atomic E-state index is -0.148. The van der Waals surface area contributed by atoms with Crippen molar-refractivity contribution < 1.29 is 14.3 Å². The van der Waals surface area contributed by atoms with Gasteiger partial charge in [0.25, 0.3) is 5.91 Å². The van der Waals surface area contributed by atoms with E-state index in [1.807, 2.05) is 31.2 Å². The van der Waals surface area contributed by atoms with E-state index in [-0.39, 0.29) is 17.9 Å². The number of aromatic nitrogens is 2. The summed E-state index contributed by atoms with van der Waals surface area (Å²) in [6, 6.07) is 7.38. The number of para-hydroxylation sites is 2. The summed E-state index contributed by atoms with van der Waals surface area (Å²) in [5.74, 6) is 0.360. The standard InChI is InChI=1S/C18H20N4O3/c1-12-11-20(15-6-3-4-7-16(15)22(12)13(2)23)17(24)14-10-19-21-8-5-9-25-18(14)21/h3-4,6-7,10,12H,5,8-9,11H2,1-2H3. The molecule has 3 heterocycles. The number of carbonyl (C=O) groups is 2. The van der Waals surface area contributed by atoms with Gasteiger partial charge >= 0.3 is 0 Å². The lowest BCUT2D eigenvalue weighted by Crippen LogP contribution is -2.51. The largest absolute Gasteiger partial charge is 0.477 e. The molecule has 25 heavy (non-hydrogen) atoms. The van der Waals surface area contributed by atoms with Gasteiger partial charge in [-0.1, -0.05) is 12.1 Å². The van der Waals surface area contributed by atoms with E-state index in [2.05, 4.69) is 5.10 Å². The first-order valence-electron chi connectivity index (χ1n) is 8.47. The number of aryl methyl sites for hydroxylation is 1. The van der Waals surface area contributed by atoms with Crippen LogP contribution in [0.1, 0.15) is 30.6 Å². The number of hydrogen-bond donors (Lipinski definition) is 0. The van der Waals surface area contributed by atoms with E-state index in [1.165, 1.54) is 0 Å². The Morgan fingerprint density at radius 2 is 2.00 bits per heavy atom. The molecule has 2 aromatic rings. The number of nitrogens with zero attached hydrogens (tertiary/aromatic N) is 4. The minimum absolute atomic E-state index is 0.0294. The second kappa shape index (κ2) is 5.91. The molecule has 2 aliphatic heterocycles. The van der Waals surface area contributed by atoms with Gasteiger partial charge in [-0.05, 0) is 19.1 Å². The Morgan fingerprint density at radius 1 is 1.24 bits per heavy atom. The molecule has 0 fully saturated rings. The van der Waals surface area contributed by atoms with E-state index < -0.39 is 0 Å². The first kappa shape index (κ1) is 15.7. The highest BCUT2D eigenvalue weighted by molar-refractivity contribution is 6.11. The van der Waals surface area contributed by atoms with Crippen molar-refractivity contribution in [2.75, 3.05) is 23.0 Å². The average Bonchev–Trinajstić information content (AvgIpc) is 3.04. The van der Waals surface area contributed by atoms with Crippen LogP contribution < -0.4 is 14.5 Å². The average molecular weight is 340 g/mol. The molecule has 1 aromatic carbocycles. The third-order valence-corrected chi connectivity index (χ3v) is 4.68. The molecule has 0 N–H and O–H groups in total. The quantitative estimate of drug-likeness (QED) is 0.797. The highest BCUT2D eigenvalue weighted by Gasteiger charge is 2.35. The SMILES string of the molecule is CC(=O)N1c2ccccc2N(C(=O)c2cnn3c2OCCC3)CC1C. The monoisotopic (exact) mass is 340 g/mol. The number of benzene rings is 1. The smallest absolute Gasteiger partial charge is 0.265 e. The lowest BCUT2D eigenvalue weighted by atomic mass is 10.1. The number of ether oxygens (including phenoxy) is 1. The summed E-state index contributed by atoms with van der Waals surface area (Å²) in [7, 11) is 0. The first-order valence-corrected chi connectivity index (χ1v) is 8.47. The van der Waals surface area contributed by atoms with E-state index in [0.717, 1.165) is 24.3 Å². The summed E-state index contributed by atoms with van der Waals surface area (Å²) < 4.78 is 7.40. The Hall–Kier alpha value is -2.83. The van der Waals surface area contributed by atoms with Gasteiger partial charge in [-0.15, -0.1) is 0 Å². The third kappa shape index (κ3) is 2.47. The second-order valence-corrected chi connectivity index (χ2v) is 6.43. The maximum Gasteiger partial charge on any atom is 0.265 e. The molecule has 0 saturated carbocycles. The molecule has 0 radical (unpaired) electrons. The zero-order valence-electron chi connectivity index (χ0n) is 14.3. The van der Waals surface area contributed by atoms with Crippen LogP contribution in [0.2, 0.25) is 0 Å². The van der Waals surface area contributed by atoms with Crippen molar-refractivity contribution in [1.29, 1.82) is 0 Å². The van der Waals surface area contributed by atoms with Gasteiger partial charge < -0.3 is 14.5 Å². The second-order valence-electron chi connectivity index (χ2n) is 6.43. The fourth-order valence-corrected chi connectivity index (χ4v) is 3.61. The van der Waals surface area contributed by atoms with Crippen molar-refractivity contribution in [1.82, 2.24) is 9.78 Å². The van der Waals surface area contributed by atoms with Gasteiger partial charge in [0.1, 0.15) is 5.56 Å². The van der Waals surface area contributed by atoms with Gasteiger partial charge in [0.15, 0.2) is 0 Å². The fraction of sp³-hybridized carbons (Fsp3) is 0.389. The number of rotatable bonds is 1. The Morgan fingerprint density at radius 3 is 2.76 bits per heavy atom. The maximum absolute atomic E-state index is 13.2. The van der Waals surface area contributed by atoms with Crippen LogP contribution in [0.3, 0.4) is 0 Å². The molecule has 7 nitrogen and oxygen atoms in total. The predicted molar refractivity (Wildman–Crippen MR) is 93.1 cm³/mol. The van der Waals surface area contributed by atoms with Crippen molar-refractivity contribution in [3.63, 3.8) is 0 Å². The molecule has 2 amide bonds. The summed E-state index contributed by atoms with van der Waals surface area (Å²) in [4.78, 5) is 28.7. The number of anilines is 2. The van der Waals surface area contributed by atoms with Crippen LogP contribution in [0.4, 0.5) is 11.4 Å². The van der Waals surface area contributed by atoms with Gasteiger partial charge in [-0.3, -0.25) is 9.59 Å². The van der Waals surface area contributed by atoms with Crippen molar-refractivity contribution >= 4 is 23.2 Å². The number of fused-ring (bicyclic) bond motifs is 2. The molecule has 0 bridgehead atoms. The zero-order valence-corrected chi connectivity index (χ0v) is 14.3. The fourth-order valence-electron chi connectivity index (χ4n) is 3.61. The van der Waals surface area contributed by atoms with Crippen molar-refractivity contribution in [3.05, 3.63) is 36.0 Å². The van der Waals surface area contributed by atoms with E-state index in [0.29, 0.717) is 24.6 Å². The van der Waals surface area contributed by atoms with Gasteiger partial charge in [0, 0.05) is 26.4 Å². The normalized spacial score (nSPS) is 19.0. The molecular weight excluding hydrogens is 320 g/mol. The van der Waals surface area contributed by atoms with Crippen LogP contribution in [-0.4, -0.2) is 40.8 Å².